The summed E-state index contributed by atoms with van der Waals surface area (Å²) in [6.07, 6.45) is 0.852. The van der Waals surface area contributed by atoms with Crippen LogP contribution in [0, 0.1) is 0 Å². The standard InChI is InChI=1S/C8H15ClN2O2S/c1-8(6-9)7-11-5-3-4-10(2)14(11,12)13/h1,3-7H2,2H3. The van der Waals surface area contributed by atoms with Crippen LogP contribution < -0.4 is 0 Å². The van der Waals surface area contributed by atoms with Gasteiger partial charge in [0, 0.05) is 32.6 Å². The number of hydrogen-bond donors (Lipinski definition) is 0. The first-order valence-electron chi connectivity index (χ1n) is 4.42. The van der Waals surface area contributed by atoms with E-state index in [4.69, 9.17) is 11.6 Å². The summed E-state index contributed by atoms with van der Waals surface area (Å²) in [5, 5.41) is 0. The van der Waals surface area contributed by atoms with Crippen molar-refractivity contribution < 1.29 is 8.42 Å². The molecular weight excluding hydrogens is 224 g/mol. The van der Waals surface area contributed by atoms with E-state index in [0.717, 1.165) is 12.0 Å². The number of hydrogen-bond acceptors (Lipinski definition) is 2. The molecule has 1 aliphatic rings. The second-order valence-corrected chi connectivity index (χ2v) is 5.70. The molecule has 1 fully saturated rings. The normalized spacial score (nSPS) is 23.6. The number of rotatable bonds is 3. The van der Waals surface area contributed by atoms with Gasteiger partial charge in [-0.3, -0.25) is 0 Å². The molecule has 6 heteroatoms. The SMILES string of the molecule is C=C(CCl)CN1CCCN(C)S1(=O)=O. The summed E-state index contributed by atoms with van der Waals surface area (Å²) in [4.78, 5) is 0. The van der Waals surface area contributed by atoms with Crippen molar-refractivity contribution in [2.24, 2.45) is 0 Å². The van der Waals surface area contributed by atoms with Crippen LogP contribution >= 0.6 is 11.6 Å². The van der Waals surface area contributed by atoms with E-state index in [-0.39, 0.29) is 0 Å². The van der Waals surface area contributed by atoms with Crippen LogP contribution in [0.2, 0.25) is 0 Å². The van der Waals surface area contributed by atoms with Crippen LogP contribution in [-0.4, -0.2) is 49.6 Å². The molecule has 0 saturated carbocycles. The maximum absolute atomic E-state index is 11.7. The van der Waals surface area contributed by atoms with E-state index in [1.54, 1.807) is 7.05 Å². The minimum absolute atomic E-state index is 0.301. The lowest BCUT2D eigenvalue weighted by Gasteiger charge is -2.32. The Hall–Kier alpha value is -0.100. The molecule has 82 valence electrons. The van der Waals surface area contributed by atoms with Gasteiger partial charge in [-0.2, -0.15) is 17.0 Å². The second-order valence-electron chi connectivity index (χ2n) is 3.40. The molecule has 0 amide bonds. The zero-order valence-electron chi connectivity index (χ0n) is 8.24. The summed E-state index contributed by atoms with van der Waals surface area (Å²) in [7, 11) is -1.67. The predicted molar refractivity (Wildman–Crippen MR) is 57.6 cm³/mol. The molecular formula is C8H15ClN2O2S. The molecule has 0 spiro atoms. The molecule has 0 aromatic carbocycles. The van der Waals surface area contributed by atoms with Crippen molar-refractivity contribution in [2.45, 2.75) is 6.42 Å². The van der Waals surface area contributed by atoms with Gasteiger partial charge in [-0.15, -0.1) is 11.6 Å². The Morgan fingerprint density at radius 2 is 2.14 bits per heavy atom. The molecule has 4 nitrogen and oxygen atoms in total. The van der Waals surface area contributed by atoms with Crippen LogP contribution in [0.3, 0.4) is 0 Å². The lowest BCUT2D eigenvalue weighted by atomic mass is 10.3. The van der Waals surface area contributed by atoms with Gasteiger partial charge in [0.1, 0.15) is 0 Å². The largest absolute Gasteiger partial charge is 0.282 e. The van der Waals surface area contributed by atoms with Gasteiger partial charge in [0.15, 0.2) is 0 Å². The minimum Gasteiger partial charge on any atom is -0.195 e. The molecule has 0 aromatic heterocycles. The van der Waals surface area contributed by atoms with Crippen LogP contribution in [0.1, 0.15) is 6.42 Å². The van der Waals surface area contributed by atoms with Crippen LogP contribution in [0.5, 0.6) is 0 Å². The number of alkyl halides is 1. The molecule has 1 heterocycles. The first kappa shape index (κ1) is 12.0. The van der Waals surface area contributed by atoms with Crippen LogP contribution in [-0.2, 0) is 10.2 Å². The number of halogens is 1. The first-order valence-corrected chi connectivity index (χ1v) is 6.35. The van der Waals surface area contributed by atoms with Crippen LogP contribution in [0.15, 0.2) is 12.2 Å². The predicted octanol–water partition coefficient (Wildman–Crippen LogP) is 0.664. The van der Waals surface area contributed by atoms with Crippen LogP contribution in [0.25, 0.3) is 0 Å². The third-order valence-corrected chi connectivity index (χ3v) is 4.50. The first-order chi connectivity index (χ1) is 6.48. The van der Waals surface area contributed by atoms with Gasteiger partial charge in [0.25, 0.3) is 10.2 Å². The van der Waals surface area contributed by atoms with E-state index in [0.29, 0.717) is 25.5 Å². The van der Waals surface area contributed by atoms with Crippen molar-refractivity contribution >= 4 is 21.8 Å². The van der Waals surface area contributed by atoms with Gasteiger partial charge in [0.05, 0.1) is 0 Å². The van der Waals surface area contributed by atoms with Crippen LogP contribution in [0.4, 0.5) is 0 Å². The van der Waals surface area contributed by atoms with E-state index < -0.39 is 10.2 Å². The molecule has 1 rings (SSSR count). The minimum atomic E-state index is -3.26. The van der Waals surface area contributed by atoms with Crippen molar-refractivity contribution in [1.82, 2.24) is 8.61 Å². The van der Waals surface area contributed by atoms with Gasteiger partial charge in [-0.25, -0.2) is 0 Å². The highest BCUT2D eigenvalue weighted by atomic mass is 35.5. The maximum atomic E-state index is 11.7. The molecule has 0 unspecified atom stereocenters. The molecule has 0 N–H and O–H groups in total. The Labute approximate surface area is 90.3 Å². The summed E-state index contributed by atoms with van der Waals surface area (Å²) < 4.78 is 26.2. The Bertz CT molecular complexity index is 315. The van der Waals surface area contributed by atoms with Crippen molar-refractivity contribution in [3.8, 4) is 0 Å². The maximum Gasteiger partial charge on any atom is 0.282 e. The summed E-state index contributed by atoms with van der Waals surface area (Å²) in [6.45, 7) is 5.18. The molecule has 0 bridgehead atoms. The highest BCUT2D eigenvalue weighted by molar-refractivity contribution is 7.86. The zero-order valence-corrected chi connectivity index (χ0v) is 9.81. The lowest BCUT2D eigenvalue weighted by molar-refractivity contribution is 0.320. The summed E-state index contributed by atoms with van der Waals surface area (Å²) in [5.41, 5.74) is 0.727. The van der Waals surface area contributed by atoms with E-state index in [1.807, 2.05) is 0 Å². The number of nitrogens with zero attached hydrogens (tertiary/aromatic N) is 2. The Balaban J connectivity index is 2.73. The zero-order chi connectivity index (χ0) is 10.8. The van der Waals surface area contributed by atoms with E-state index in [9.17, 15) is 8.42 Å². The molecule has 1 aliphatic heterocycles. The summed E-state index contributed by atoms with van der Waals surface area (Å²) >= 11 is 5.57. The van der Waals surface area contributed by atoms with E-state index in [2.05, 4.69) is 6.58 Å². The molecule has 14 heavy (non-hydrogen) atoms. The molecule has 1 saturated heterocycles. The fourth-order valence-electron chi connectivity index (χ4n) is 1.35. The molecule has 0 atom stereocenters. The topological polar surface area (TPSA) is 40.6 Å². The third kappa shape index (κ3) is 2.48. The second kappa shape index (κ2) is 4.61. The van der Waals surface area contributed by atoms with Crippen molar-refractivity contribution in [3.05, 3.63) is 12.2 Å². The van der Waals surface area contributed by atoms with E-state index in [1.165, 1.54) is 8.61 Å². The quantitative estimate of drug-likeness (QED) is 0.536. The molecule has 0 radical (unpaired) electrons. The van der Waals surface area contributed by atoms with E-state index >= 15 is 0 Å². The average molecular weight is 239 g/mol. The van der Waals surface area contributed by atoms with Gasteiger partial charge >= 0.3 is 0 Å². The average Bonchev–Trinajstić information content (AvgIpc) is 2.13. The Kier molecular flexibility index (Phi) is 3.94. The van der Waals surface area contributed by atoms with Crippen molar-refractivity contribution in [1.29, 1.82) is 0 Å². The lowest BCUT2D eigenvalue weighted by Crippen LogP contribution is -2.48. The summed E-state index contributed by atoms with van der Waals surface area (Å²) in [6, 6.07) is 0. The Morgan fingerprint density at radius 1 is 1.50 bits per heavy atom. The highest BCUT2D eigenvalue weighted by Crippen LogP contribution is 2.15. The van der Waals surface area contributed by atoms with Gasteiger partial charge in [0.2, 0.25) is 0 Å². The van der Waals surface area contributed by atoms with Gasteiger partial charge in [-0.05, 0) is 12.0 Å². The molecule has 0 aliphatic carbocycles. The molecule has 0 aromatic rings. The third-order valence-electron chi connectivity index (χ3n) is 2.19. The summed E-state index contributed by atoms with van der Waals surface area (Å²) in [5.74, 6) is 0.301. The highest BCUT2D eigenvalue weighted by Gasteiger charge is 2.30. The fourth-order valence-corrected chi connectivity index (χ4v) is 2.89. The monoisotopic (exact) mass is 238 g/mol. The van der Waals surface area contributed by atoms with Gasteiger partial charge < -0.3 is 0 Å². The van der Waals surface area contributed by atoms with Gasteiger partial charge in [-0.1, -0.05) is 6.58 Å². The van der Waals surface area contributed by atoms with Crippen molar-refractivity contribution in [3.63, 3.8) is 0 Å². The Morgan fingerprint density at radius 3 is 2.71 bits per heavy atom. The fraction of sp³-hybridized carbons (Fsp3) is 0.750. The smallest absolute Gasteiger partial charge is 0.195 e. The van der Waals surface area contributed by atoms with Crippen molar-refractivity contribution in [2.75, 3.05) is 32.6 Å².